The lowest BCUT2D eigenvalue weighted by atomic mass is 10.3. The number of halogens is 2. The van der Waals surface area contributed by atoms with Crippen LogP contribution in [0.4, 0.5) is 14.6 Å². The molecule has 0 bridgehead atoms. The molecule has 4 heterocycles. The normalized spacial score (nSPS) is 15.4. The highest BCUT2D eigenvalue weighted by atomic mass is 19.3. The predicted octanol–water partition coefficient (Wildman–Crippen LogP) is 1.53. The molecule has 0 saturated carbocycles. The van der Waals surface area contributed by atoms with Gasteiger partial charge in [-0.1, -0.05) is 0 Å². The summed E-state index contributed by atoms with van der Waals surface area (Å²) < 4.78 is 27.4. The van der Waals surface area contributed by atoms with Crippen molar-refractivity contribution >= 4 is 22.9 Å². The Morgan fingerprint density at radius 1 is 1.21 bits per heavy atom. The number of hydrogen-bond donors (Lipinski definition) is 1. The van der Waals surface area contributed by atoms with E-state index in [1.807, 2.05) is 0 Å². The first-order chi connectivity index (χ1) is 13.5. The highest BCUT2D eigenvalue weighted by Crippen LogP contribution is 2.22. The number of aromatic amines is 1. The van der Waals surface area contributed by atoms with E-state index in [2.05, 4.69) is 29.9 Å². The number of H-pyrrole nitrogens is 1. The maximum atomic E-state index is 13.1. The van der Waals surface area contributed by atoms with Gasteiger partial charge in [-0.15, -0.1) is 0 Å². The van der Waals surface area contributed by atoms with E-state index in [0.717, 1.165) is 29.0 Å². The summed E-state index contributed by atoms with van der Waals surface area (Å²) in [4.78, 5) is 32.1. The number of amides is 1. The van der Waals surface area contributed by atoms with Crippen LogP contribution in [0.15, 0.2) is 18.7 Å². The number of nitrogens with zero attached hydrogens (tertiary/aromatic N) is 7. The first kappa shape index (κ1) is 18.3. The molecule has 0 radical (unpaired) electrons. The Kier molecular flexibility index (Phi) is 4.88. The molecule has 1 amide bonds. The Bertz CT molecular complexity index is 985. The zero-order chi connectivity index (χ0) is 19.7. The quantitative estimate of drug-likeness (QED) is 0.726. The van der Waals surface area contributed by atoms with Gasteiger partial charge < -0.3 is 14.8 Å². The third-order valence-corrected chi connectivity index (χ3v) is 4.79. The Labute approximate surface area is 159 Å². The van der Waals surface area contributed by atoms with Crippen molar-refractivity contribution in [3.05, 3.63) is 30.1 Å². The Hall–Kier alpha value is -3.11. The van der Waals surface area contributed by atoms with Gasteiger partial charge in [0.15, 0.2) is 11.5 Å². The van der Waals surface area contributed by atoms with Crippen LogP contribution in [0, 0.1) is 6.92 Å². The molecular weight excluding hydrogens is 370 g/mol. The zero-order valence-electron chi connectivity index (χ0n) is 15.3. The SMILES string of the molecule is Cc1cc(C(F)F)n(CC(=O)N2CCCN(c3ncnc4nc[nH]c34)CC2)n1. The van der Waals surface area contributed by atoms with Crippen LogP contribution >= 0.6 is 0 Å². The molecule has 1 aliphatic heterocycles. The van der Waals surface area contributed by atoms with Gasteiger partial charge in [0.05, 0.1) is 12.0 Å². The van der Waals surface area contributed by atoms with E-state index in [9.17, 15) is 13.6 Å². The number of aromatic nitrogens is 6. The summed E-state index contributed by atoms with van der Waals surface area (Å²) in [7, 11) is 0. The predicted molar refractivity (Wildman–Crippen MR) is 97.0 cm³/mol. The van der Waals surface area contributed by atoms with E-state index in [1.165, 1.54) is 12.4 Å². The molecule has 1 fully saturated rings. The third kappa shape index (κ3) is 3.51. The zero-order valence-corrected chi connectivity index (χ0v) is 15.3. The highest BCUT2D eigenvalue weighted by molar-refractivity contribution is 5.82. The molecule has 1 aliphatic rings. The summed E-state index contributed by atoms with van der Waals surface area (Å²) >= 11 is 0. The number of alkyl halides is 2. The largest absolute Gasteiger partial charge is 0.353 e. The average molecular weight is 390 g/mol. The molecule has 3 aromatic heterocycles. The summed E-state index contributed by atoms with van der Waals surface area (Å²) in [6, 6.07) is 1.31. The first-order valence-corrected chi connectivity index (χ1v) is 9.02. The smallest absolute Gasteiger partial charge is 0.280 e. The second-order valence-corrected chi connectivity index (χ2v) is 6.69. The van der Waals surface area contributed by atoms with E-state index in [4.69, 9.17) is 0 Å². The Morgan fingerprint density at radius 3 is 2.89 bits per heavy atom. The monoisotopic (exact) mass is 390 g/mol. The minimum absolute atomic E-state index is 0.189. The number of fused-ring (bicyclic) bond motifs is 1. The number of carbonyl (C=O) groups is 1. The summed E-state index contributed by atoms with van der Waals surface area (Å²) in [5, 5.41) is 4.03. The fourth-order valence-electron chi connectivity index (χ4n) is 3.47. The van der Waals surface area contributed by atoms with Crippen LogP contribution in [0.25, 0.3) is 11.2 Å². The van der Waals surface area contributed by atoms with E-state index >= 15 is 0 Å². The molecular formula is C17H20F2N8O. The van der Waals surface area contributed by atoms with Gasteiger partial charge in [-0.3, -0.25) is 9.48 Å². The lowest BCUT2D eigenvalue weighted by Gasteiger charge is -2.23. The number of anilines is 1. The van der Waals surface area contributed by atoms with Crippen LogP contribution in [-0.4, -0.2) is 66.7 Å². The van der Waals surface area contributed by atoms with E-state index in [1.54, 1.807) is 18.2 Å². The van der Waals surface area contributed by atoms with Gasteiger partial charge in [-0.2, -0.15) is 5.10 Å². The molecule has 4 rings (SSSR count). The summed E-state index contributed by atoms with van der Waals surface area (Å²) in [5.74, 6) is 0.528. The van der Waals surface area contributed by atoms with Crippen molar-refractivity contribution in [1.29, 1.82) is 0 Å². The molecule has 11 heteroatoms. The molecule has 0 spiro atoms. The topological polar surface area (TPSA) is 95.8 Å². The molecule has 1 saturated heterocycles. The number of hydrogen-bond acceptors (Lipinski definition) is 6. The minimum atomic E-state index is -2.66. The molecule has 148 valence electrons. The lowest BCUT2D eigenvalue weighted by molar-refractivity contribution is -0.131. The highest BCUT2D eigenvalue weighted by Gasteiger charge is 2.24. The Balaban J connectivity index is 1.45. The van der Waals surface area contributed by atoms with Gasteiger partial charge in [0.25, 0.3) is 6.43 Å². The van der Waals surface area contributed by atoms with Crippen LogP contribution in [-0.2, 0) is 11.3 Å². The third-order valence-electron chi connectivity index (χ3n) is 4.79. The van der Waals surface area contributed by atoms with Crippen molar-refractivity contribution in [1.82, 2.24) is 34.6 Å². The maximum Gasteiger partial charge on any atom is 0.280 e. The van der Waals surface area contributed by atoms with Crippen molar-refractivity contribution in [2.45, 2.75) is 26.3 Å². The molecule has 1 N–H and O–H groups in total. The second-order valence-electron chi connectivity index (χ2n) is 6.69. The van der Waals surface area contributed by atoms with Gasteiger partial charge in [-0.05, 0) is 19.4 Å². The van der Waals surface area contributed by atoms with Gasteiger partial charge in [-0.25, -0.2) is 23.7 Å². The van der Waals surface area contributed by atoms with Crippen molar-refractivity contribution in [3.8, 4) is 0 Å². The number of aryl methyl sites for hydroxylation is 1. The standard InChI is InChI=1S/C17H20F2N8O/c1-11-7-12(15(18)19)27(24-11)8-13(28)25-3-2-4-26(6-5-25)17-14-16(21-9-20-14)22-10-23-17/h7,9-10,15H,2-6,8H2,1H3,(H,20,21,22,23). The van der Waals surface area contributed by atoms with Crippen LogP contribution < -0.4 is 4.90 Å². The van der Waals surface area contributed by atoms with Crippen molar-refractivity contribution in [3.63, 3.8) is 0 Å². The summed E-state index contributed by atoms with van der Waals surface area (Å²) in [6.07, 6.45) is 1.12. The molecule has 0 aliphatic carbocycles. The average Bonchev–Trinajstić information content (AvgIpc) is 3.20. The molecule has 28 heavy (non-hydrogen) atoms. The van der Waals surface area contributed by atoms with E-state index < -0.39 is 6.43 Å². The Morgan fingerprint density at radius 2 is 2.07 bits per heavy atom. The molecule has 3 aromatic rings. The first-order valence-electron chi connectivity index (χ1n) is 9.02. The maximum absolute atomic E-state index is 13.1. The van der Waals surface area contributed by atoms with Gasteiger partial charge in [0.1, 0.15) is 24.1 Å². The lowest BCUT2D eigenvalue weighted by Crippen LogP contribution is -2.37. The fraction of sp³-hybridized carbons (Fsp3) is 0.471. The molecule has 0 unspecified atom stereocenters. The van der Waals surface area contributed by atoms with Crippen molar-refractivity contribution < 1.29 is 13.6 Å². The van der Waals surface area contributed by atoms with Gasteiger partial charge in [0, 0.05) is 26.2 Å². The van der Waals surface area contributed by atoms with E-state index in [-0.39, 0.29) is 18.1 Å². The van der Waals surface area contributed by atoms with Crippen molar-refractivity contribution in [2.24, 2.45) is 0 Å². The molecule has 0 aromatic carbocycles. The summed E-state index contributed by atoms with van der Waals surface area (Å²) in [5.41, 5.74) is 1.59. The summed E-state index contributed by atoms with van der Waals surface area (Å²) in [6.45, 7) is 3.77. The minimum Gasteiger partial charge on any atom is -0.353 e. The number of carbonyl (C=O) groups excluding carboxylic acids is 1. The van der Waals surface area contributed by atoms with Crippen LogP contribution in [0.1, 0.15) is 24.2 Å². The fourth-order valence-corrected chi connectivity index (χ4v) is 3.47. The van der Waals surface area contributed by atoms with Crippen molar-refractivity contribution in [2.75, 3.05) is 31.1 Å². The number of nitrogens with one attached hydrogen (secondary N) is 1. The van der Waals surface area contributed by atoms with E-state index in [0.29, 0.717) is 31.0 Å². The second kappa shape index (κ2) is 7.49. The number of rotatable bonds is 4. The van der Waals surface area contributed by atoms with Crippen LogP contribution in [0.2, 0.25) is 0 Å². The number of imidazole rings is 1. The molecule has 0 atom stereocenters. The van der Waals surface area contributed by atoms with Gasteiger partial charge >= 0.3 is 0 Å². The van der Waals surface area contributed by atoms with Gasteiger partial charge in [0.2, 0.25) is 5.91 Å². The van der Waals surface area contributed by atoms with Crippen LogP contribution in [0.5, 0.6) is 0 Å². The molecule has 9 nitrogen and oxygen atoms in total. The van der Waals surface area contributed by atoms with Crippen LogP contribution in [0.3, 0.4) is 0 Å².